The molecule has 0 spiro atoms. The molecule has 0 amide bonds. The lowest BCUT2D eigenvalue weighted by molar-refractivity contribution is 0.299. The van der Waals surface area contributed by atoms with E-state index in [-0.39, 0.29) is 10.8 Å². The summed E-state index contributed by atoms with van der Waals surface area (Å²) in [5.41, 5.74) is 10.4. The highest BCUT2D eigenvalue weighted by molar-refractivity contribution is 6.16. The van der Waals surface area contributed by atoms with Gasteiger partial charge in [0, 0.05) is 33.9 Å². The summed E-state index contributed by atoms with van der Waals surface area (Å²) in [7, 11) is 0. The molecule has 0 atom stereocenters. The molecule has 1 aromatic heterocycles. The molecule has 1 aliphatic carbocycles. The van der Waals surface area contributed by atoms with Gasteiger partial charge in [0.05, 0.1) is 0 Å². The SMILES string of the molecule is CC1(C)c2cc(N(c3ccccc3)c3ccc4c(c3)oc3ccccc34)ccc2-c2c(ccc3ccc4ccccc4c23)C1(C)C. The molecule has 0 unspecified atom stereocenters. The molecule has 1 heterocycles. The minimum atomic E-state index is -0.130. The zero-order valence-electron chi connectivity index (χ0n) is 26.6. The van der Waals surface area contributed by atoms with Crippen LogP contribution in [0.4, 0.5) is 17.1 Å². The van der Waals surface area contributed by atoms with Gasteiger partial charge in [0.1, 0.15) is 11.2 Å². The van der Waals surface area contributed by atoms with Gasteiger partial charge in [-0.2, -0.15) is 0 Å². The Kier molecular flexibility index (Phi) is 5.63. The van der Waals surface area contributed by atoms with Crippen molar-refractivity contribution in [2.24, 2.45) is 0 Å². The van der Waals surface area contributed by atoms with Crippen molar-refractivity contribution in [2.45, 2.75) is 38.5 Å². The second-order valence-corrected chi connectivity index (χ2v) is 13.8. The number of benzene rings is 7. The van der Waals surface area contributed by atoms with Gasteiger partial charge in [0.15, 0.2) is 0 Å². The van der Waals surface area contributed by atoms with Gasteiger partial charge in [0.25, 0.3) is 0 Å². The van der Waals surface area contributed by atoms with Crippen molar-refractivity contribution in [3.63, 3.8) is 0 Å². The first-order valence-corrected chi connectivity index (χ1v) is 16.2. The summed E-state index contributed by atoms with van der Waals surface area (Å²) in [6, 6.07) is 50.7. The Morgan fingerprint density at radius 2 is 1.09 bits per heavy atom. The van der Waals surface area contributed by atoms with Gasteiger partial charge in [0.2, 0.25) is 0 Å². The summed E-state index contributed by atoms with van der Waals surface area (Å²) < 4.78 is 6.35. The van der Waals surface area contributed by atoms with E-state index >= 15 is 0 Å². The molecule has 0 saturated heterocycles. The molecule has 0 fully saturated rings. The van der Waals surface area contributed by atoms with Crippen LogP contribution in [0, 0.1) is 0 Å². The van der Waals surface area contributed by atoms with Crippen molar-refractivity contribution in [2.75, 3.05) is 4.90 Å². The van der Waals surface area contributed by atoms with Crippen LogP contribution in [0.2, 0.25) is 0 Å². The van der Waals surface area contributed by atoms with Crippen molar-refractivity contribution < 1.29 is 4.42 Å². The standard InChI is InChI=1S/C44H35NO/c1-43(2)37-25-20-29-19-18-28-12-8-9-15-33(28)41(29)42(37)36-24-22-31(26-38(36)44(43,3)4)45(30-13-6-5-7-14-30)32-21-23-35-34-16-10-11-17-39(34)46-40(35)27-32/h5-27H,1-4H3. The van der Waals surface area contributed by atoms with Crippen LogP contribution in [0.15, 0.2) is 144 Å². The Hall–Kier alpha value is -5.34. The van der Waals surface area contributed by atoms with E-state index in [9.17, 15) is 0 Å². The van der Waals surface area contributed by atoms with Crippen molar-refractivity contribution in [3.05, 3.63) is 151 Å². The molecule has 2 heteroatoms. The molecule has 0 N–H and O–H groups in total. The van der Waals surface area contributed by atoms with E-state index in [4.69, 9.17) is 4.42 Å². The summed E-state index contributed by atoms with van der Waals surface area (Å²) in [5.74, 6) is 0. The number of nitrogens with zero attached hydrogens (tertiary/aromatic N) is 1. The average molecular weight is 594 g/mol. The molecule has 0 saturated carbocycles. The molecule has 8 aromatic rings. The van der Waals surface area contributed by atoms with Crippen molar-refractivity contribution in [3.8, 4) is 11.1 Å². The second-order valence-electron chi connectivity index (χ2n) is 13.8. The highest BCUT2D eigenvalue weighted by Gasteiger charge is 2.46. The highest BCUT2D eigenvalue weighted by Crippen LogP contribution is 2.57. The van der Waals surface area contributed by atoms with Crippen LogP contribution in [0.3, 0.4) is 0 Å². The van der Waals surface area contributed by atoms with E-state index in [1.807, 2.05) is 12.1 Å². The largest absolute Gasteiger partial charge is 0.456 e. The van der Waals surface area contributed by atoms with Gasteiger partial charge in [-0.25, -0.2) is 0 Å². The van der Waals surface area contributed by atoms with Crippen LogP contribution in [0.5, 0.6) is 0 Å². The fourth-order valence-corrected chi connectivity index (χ4v) is 7.86. The normalized spacial score (nSPS) is 14.9. The lowest BCUT2D eigenvalue weighted by Gasteiger charge is -2.49. The Labute approximate surface area is 269 Å². The predicted octanol–water partition coefficient (Wildman–Crippen LogP) is 12.6. The van der Waals surface area contributed by atoms with Gasteiger partial charge in [-0.05, 0) is 97.1 Å². The predicted molar refractivity (Wildman–Crippen MR) is 195 cm³/mol. The number of para-hydroxylation sites is 2. The summed E-state index contributed by atoms with van der Waals surface area (Å²) in [5, 5.41) is 7.51. The van der Waals surface area contributed by atoms with Gasteiger partial charge >= 0.3 is 0 Å². The number of fused-ring (bicyclic) bond motifs is 10. The molecule has 0 radical (unpaired) electrons. The average Bonchev–Trinajstić information content (AvgIpc) is 3.45. The van der Waals surface area contributed by atoms with E-state index < -0.39 is 0 Å². The Bertz CT molecular complexity index is 2480. The number of anilines is 3. The first-order valence-electron chi connectivity index (χ1n) is 16.2. The van der Waals surface area contributed by atoms with Gasteiger partial charge in [-0.3, -0.25) is 0 Å². The summed E-state index contributed by atoms with van der Waals surface area (Å²) >= 11 is 0. The highest BCUT2D eigenvalue weighted by atomic mass is 16.3. The van der Waals surface area contributed by atoms with E-state index in [0.717, 1.165) is 39.0 Å². The monoisotopic (exact) mass is 593 g/mol. The maximum Gasteiger partial charge on any atom is 0.137 e. The van der Waals surface area contributed by atoms with Crippen LogP contribution in [-0.4, -0.2) is 0 Å². The van der Waals surface area contributed by atoms with Crippen molar-refractivity contribution >= 4 is 60.5 Å². The Balaban J connectivity index is 1.31. The van der Waals surface area contributed by atoms with Crippen LogP contribution in [0.1, 0.15) is 38.8 Å². The van der Waals surface area contributed by atoms with Crippen LogP contribution in [-0.2, 0) is 10.8 Å². The zero-order valence-corrected chi connectivity index (χ0v) is 26.6. The molecular formula is C44H35NO. The number of rotatable bonds is 3. The first-order chi connectivity index (χ1) is 22.3. The van der Waals surface area contributed by atoms with Crippen LogP contribution < -0.4 is 4.90 Å². The quantitative estimate of drug-likeness (QED) is 0.189. The Morgan fingerprint density at radius 3 is 1.93 bits per heavy atom. The molecule has 2 nitrogen and oxygen atoms in total. The third kappa shape index (κ3) is 3.70. The molecule has 1 aliphatic rings. The molecule has 9 rings (SSSR count). The summed E-state index contributed by atoms with van der Waals surface area (Å²) in [6.45, 7) is 9.67. The second kappa shape index (κ2) is 9.58. The molecule has 0 aliphatic heterocycles. The van der Waals surface area contributed by atoms with Gasteiger partial charge < -0.3 is 9.32 Å². The topological polar surface area (TPSA) is 16.4 Å². The first kappa shape index (κ1) is 27.0. The van der Waals surface area contributed by atoms with E-state index in [2.05, 4.69) is 160 Å². The van der Waals surface area contributed by atoms with Crippen LogP contribution >= 0.6 is 0 Å². The van der Waals surface area contributed by atoms with Crippen molar-refractivity contribution in [1.82, 2.24) is 0 Å². The van der Waals surface area contributed by atoms with Crippen molar-refractivity contribution in [1.29, 1.82) is 0 Å². The van der Waals surface area contributed by atoms with Gasteiger partial charge in [-0.1, -0.05) is 119 Å². The number of furan rings is 1. The molecule has 7 aromatic carbocycles. The smallest absolute Gasteiger partial charge is 0.137 e. The summed E-state index contributed by atoms with van der Waals surface area (Å²) in [4.78, 5) is 2.37. The minimum Gasteiger partial charge on any atom is -0.456 e. The fraction of sp³-hybridized carbons (Fsp3) is 0.136. The summed E-state index contributed by atoms with van der Waals surface area (Å²) in [6.07, 6.45) is 0. The fourth-order valence-electron chi connectivity index (χ4n) is 7.86. The lowest BCUT2D eigenvalue weighted by Crippen LogP contribution is -2.43. The molecule has 0 bridgehead atoms. The third-order valence-corrected chi connectivity index (χ3v) is 11.0. The van der Waals surface area contributed by atoms with Gasteiger partial charge in [-0.15, -0.1) is 0 Å². The zero-order chi connectivity index (χ0) is 31.2. The number of hydrogen-bond donors (Lipinski definition) is 0. The third-order valence-electron chi connectivity index (χ3n) is 11.0. The molecule has 222 valence electrons. The maximum atomic E-state index is 6.35. The lowest BCUT2D eigenvalue weighted by atomic mass is 9.55. The van der Waals surface area contributed by atoms with Crippen LogP contribution in [0.25, 0.3) is 54.6 Å². The van der Waals surface area contributed by atoms with E-state index in [0.29, 0.717) is 0 Å². The minimum absolute atomic E-state index is 0.107. The van der Waals surface area contributed by atoms with E-state index in [1.165, 1.54) is 43.8 Å². The maximum absolute atomic E-state index is 6.35. The Morgan fingerprint density at radius 1 is 0.457 bits per heavy atom. The molecular weight excluding hydrogens is 558 g/mol. The van der Waals surface area contributed by atoms with E-state index in [1.54, 1.807) is 0 Å². The number of hydrogen-bond acceptors (Lipinski definition) is 2. The molecule has 46 heavy (non-hydrogen) atoms.